The van der Waals surface area contributed by atoms with Gasteiger partial charge < -0.3 is 15.7 Å². The summed E-state index contributed by atoms with van der Waals surface area (Å²) in [6.45, 7) is 2.65. The lowest BCUT2D eigenvalue weighted by atomic mass is 10.1. The molecule has 0 aromatic heterocycles. The van der Waals surface area contributed by atoms with Gasteiger partial charge in [-0.15, -0.1) is 0 Å². The minimum absolute atomic E-state index is 0.126. The largest absolute Gasteiger partial charge is 0.478 e. The molecule has 0 radical (unpaired) electrons. The fraction of sp³-hybridized carbons (Fsp3) is 0.385. The molecule has 0 saturated carbocycles. The van der Waals surface area contributed by atoms with Gasteiger partial charge in [-0.05, 0) is 38.4 Å². The number of carbonyl (C=O) groups is 2. The van der Waals surface area contributed by atoms with E-state index >= 15 is 0 Å². The van der Waals surface area contributed by atoms with Crippen molar-refractivity contribution >= 4 is 17.6 Å². The van der Waals surface area contributed by atoms with Crippen molar-refractivity contribution < 1.29 is 14.7 Å². The third-order valence-electron chi connectivity index (χ3n) is 3.04. The van der Waals surface area contributed by atoms with Crippen LogP contribution in [-0.4, -0.2) is 29.6 Å². The summed E-state index contributed by atoms with van der Waals surface area (Å²) in [6.07, 6.45) is 1.76. The Bertz CT molecular complexity index is 479. The van der Waals surface area contributed by atoms with Crippen LogP contribution in [0.25, 0.3) is 0 Å². The van der Waals surface area contributed by atoms with Gasteiger partial charge in [0.15, 0.2) is 0 Å². The molecule has 1 aromatic rings. The highest BCUT2D eigenvalue weighted by Crippen LogP contribution is 2.18. The van der Waals surface area contributed by atoms with Gasteiger partial charge in [-0.3, -0.25) is 4.79 Å². The molecule has 0 bridgehead atoms. The smallest absolute Gasteiger partial charge is 0.337 e. The maximum atomic E-state index is 11.9. The SMILES string of the molecule is Cc1ccc(NC(=O)[C@H]2CCCN2)c(C(=O)O)c1. The zero-order valence-electron chi connectivity index (χ0n) is 10.2. The van der Waals surface area contributed by atoms with Gasteiger partial charge >= 0.3 is 5.97 Å². The fourth-order valence-electron chi connectivity index (χ4n) is 2.07. The highest BCUT2D eigenvalue weighted by atomic mass is 16.4. The quantitative estimate of drug-likeness (QED) is 0.755. The first-order valence-corrected chi connectivity index (χ1v) is 5.96. The van der Waals surface area contributed by atoms with Crippen LogP contribution in [0.15, 0.2) is 18.2 Å². The Morgan fingerprint density at radius 3 is 2.83 bits per heavy atom. The Morgan fingerprint density at radius 2 is 2.22 bits per heavy atom. The third kappa shape index (κ3) is 2.68. The molecule has 0 aliphatic carbocycles. The summed E-state index contributed by atoms with van der Waals surface area (Å²) in [4.78, 5) is 23.0. The summed E-state index contributed by atoms with van der Waals surface area (Å²) in [5, 5.41) is 14.9. The molecule has 5 heteroatoms. The van der Waals surface area contributed by atoms with E-state index in [2.05, 4.69) is 10.6 Å². The molecular weight excluding hydrogens is 232 g/mol. The first kappa shape index (κ1) is 12.6. The maximum Gasteiger partial charge on any atom is 0.337 e. The number of aryl methyl sites for hydroxylation is 1. The Hall–Kier alpha value is -1.88. The molecule has 5 nitrogen and oxygen atoms in total. The molecular formula is C13H16N2O3. The topological polar surface area (TPSA) is 78.4 Å². The first-order valence-electron chi connectivity index (χ1n) is 5.96. The molecule has 1 atom stereocenters. The van der Waals surface area contributed by atoms with Crippen molar-refractivity contribution in [3.05, 3.63) is 29.3 Å². The number of carboxylic acids is 1. The maximum absolute atomic E-state index is 11.9. The van der Waals surface area contributed by atoms with E-state index in [1.807, 2.05) is 6.92 Å². The summed E-state index contributed by atoms with van der Waals surface area (Å²) in [5.74, 6) is -1.20. The van der Waals surface area contributed by atoms with Gasteiger partial charge in [0.25, 0.3) is 0 Å². The molecule has 18 heavy (non-hydrogen) atoms. The van der Waals surface area contributed by atoms with E-state index in [4.69, 9.17) is 5.11 Å². The van der Waals surface area contributed by atoms with Gasteiger partial charge in [-0.2, -0.15) is 0 Å². The van der Waals surface area contributed by atoms with Crippen LogP contribution in [0.2, 0.25) is 0 Å². The summed E-state index contributed by atoms with van der Waals surface area (Å²) >= 11 is 0. The zero-order chi connectivity index (χ0) is 13.1. The fourth-order valence-corrected chi connectivity index (χ4v) is 2.07. The van der Waals surface area contributed by atoms with E-state index in [1.165, 1.54) is 0 Å². The highest BCUT2D eigenvalue weighted by Gasteiger charge is 2.23. The van der Waals surface area contributed by atoms with Crippen molar-refractivity contribution in [1.29, 1.82) is 0 Å². The molecule has 1 fully saturated rings. The van der Waals surface area contributed by atoms with E-state index in [0.29, 0.717) is 5.69 Å². The Morgan fingerprint density at radius 1 is 1.44 bits per heavy atom. The Labute approximate surface area is 105 Å². The van der Waals surface area contributed by atoms with Crippen LogP contribution in [0, 0.1) is 6.92 Å². The highest BCUT2D eigenvalue weighted by molar-refractivity contribution is 6.02. The molecule has 0 unspecified atom stereocenters. The normalized spacial score (nSPS) is 18.6. The minimum atomic E-state index is -1.03. The predicted molar refractivity (Wildman–Crippen MR) is 67.8 cm³/mol. The van der Waals surface area contributed by atoms with Crippen LogP contribution in [0.5, 0.6) is 0 Å². The third-order valence-corrected chi connectivity index (χ3v) is 3.04. The first-order chi connectivity index (χ1) is 8.58. The van der Waals surface area contributed by atoms with Gasteiger partial charge in [-0.1, -0.05) is 11.6 Å². The van der Waals surface area contributed by atoms with Crippen LogP contribution in [0.1, 0.15) is 28.8 Å². The number of carboxylic acid groups (broad SMARTS) is 1. The summed E-state index contributed by atoms with van der Waals surface area (Å²) < 4.78 is 0. The van der Waals surface area contributed by atoms with Crippen LogP contribution in [0.3, 0.4) is 0 Å². The number of hydrogen-bond acceptors (Lipinski definition) is 3. The molecule has 1 aliphatic heterocycles. The van der Waals surface area contributed by atoms with Crippen molar-refractivity contribution in [3.63, 3.8) is 0 Å². The number of aromatic carboxylic acids is 1. The van der Waals surface area contributed by atoms with Crippen molar-refractivity contribution in [1.82, 2.24) is 5.32 Å². The number of nitrogens with one attached hydrogen (secondary N) is 2. The average Bonchev–Trinajstić information content (AvgIpc) is 2.84. The van der Waals surface area contributed by atoms with Crippen molar-refractivity contribution in [3.8, 4) is 0 Å². The molecule has 3 N–H and O–H groups in total. The van der Waals surface area contributed by atoms with Crippen LogP contribution >= 0.6 is 0 Å². The molecule has 0 spiro atoms. The van der Waals surface area contributed by atoms with Gasteiger partial charge in [0.05, 0.1) is 17.3 Å². The van der Waals surface area contributed by atoms with E-state index in [0.717, 1.165) is 24.9 Å². The number of hydrogen-bond donors (Lipinski definition) is 3. The van der Waals surface area contributed by atoms with Crippen LogP contribution < -0.4 is 10.6 Å². The summed E-state index contributed by atoms with van der Waals surface area (Å²) in [5.41, 5.74) is 1.33. The molecule has 1 amide bonds. The van der Waals surface area contributed by atoms with E-state index < -0.39 is 5.97 Å². The lowest BCUT2D eigenvalue weighted by Gasteiger charge is -2.13. The van der Waals surface area contributed by atoms with Crippen molar-refractivity contribution in [2.24, 2.45) is 0 Å². The average molecular weight is 248 g/mol. The van der Waals surface area contributed by atoms with Crippen LogP contribution in [-0.2, 0) is 4.79 Å². The monoisotopic (exact) mass is 248 g/mol. The van der Waals surface area contributed by atoms with Crippen LogP contribution in [0.4, 0.5) is 5.69 Å². The summed E-state index contributed by atoms with van der Waals surface area (Å²) in [6, 6.07) is 4.75. The zero-order valence-corrected chi connectivity index (χ0v) is 10.2. The van der Waals surface area contributed by atoms with Crippen molar-refractivity contribution in [2.45, 2.75) is 25.8 Å². The molecule has 96 valence electrons. The number of anilines is 1. The molecule has 1 aromatic carbocycles. The Kier molecular flexibility index (Phi) is 3.62. The molecule has 1 aliphatic rings. The number of carbonyl (C=O) groups excluding carboxylic acids is 1. The standard InChI is InChI=1S/C13H16N2O3/c1-8-4-5-10(9(7-8)13(17)18)15-12(16)11-3-2-6-14-11/h4-5,7,11,14H,2-3,6H2,1H3,(H,15,16)(H,17,18)/t11-/m1/s1. The van der Waals surface area contributed by atoms with Crippen molar-refractivity contribution in [2.75, 3.05) is 11.9 Å². The van der Waals surface area contributed by atoms with E-state index in [-0.39, 0.29) is 17.5 Å². The number of rotatable bonds is 3. The lowest BCUT2D eigenvalue weighted by molar-refractivity contribution is -0.117. The summed E-state index contributed by atoms with van der Waals surface area (Å²) in [7, 11) is 0. The molecule has 1 saturated heterocycles. The number of benzene rings is 1. The lowest BCUT2D eigenvalue weighted by Crippen LogP contribution is -2.35. The van der Waals surface area contributed by atoms with E-state index in [9.17, 15) is 9.59 Å². The predicted octanol–water partition coefficient (Wildman–Crippen LogP) is 1.38. The Balaban J connectivity index is 2.17. The van der Waals surface area contributed by atoms with Gasteiger partial charge in [-0.25, -0.2) is 4.79 Å². The second kappa shape index (κ2) is 5.18. The van der Waals surface area contributed by atoms with E-state index in [1.54, 1.807) is 18.2 Å². The van der Waals surface area contributed by atoms with Gasteiger partial charge in [0, 0.05) is 0 Å². The minimum Gasteiger partial charge on any atom is -0.478 e. The second-order valence-corrected chi connectivity index (χ2v) is 4.49. The number of amides is 1. The van der Waals surface area contributed by atoms with Gasteiger partial charge in [0.1, 0.15) is 0 Å². The molecule has 1 heterocycles. The van der Waals surface area contributed by atoms with Gasteiger partial charge in [0.2, 0.25) is 5.91 Å². The molecule has 2 rings (SSSR count). The second-order valence-electron chi connectivity index (χ2n) is 4.49.